The van der Waals surface area contributed by atoms with Crippen molar-refractivity contribution in [3.63, 3.8) is 0 Å². The van der Waals surface area contributed by atoms with E-state index in [1.807, 2.05) is 41.8 Å². The van der Waals surface area contributed by atoms with E-state index in [4.69, 9.17) is 5.11 Å². The minimum atomic E-state index is -0.562. The van der Waals surface area contributed by atoms with E-state index < -0.39 is 6.10 Å². The van der Waals surface area contributed by atoms with Gasteiger partial charge in [-0.2, -0.15) is 0 Å². The number of hydrogen-bond acceptors (Lipinski definition) is 4. The third-order valence-electron chi connectivity index (χ3n) is 3.10. The van der Waals surface area contributed by atoms with Crippen molar-refractivity contribution in [2.24, 2.45) is 7.05 Å². The molecule has 0 amide bonds. The monoisotopic (exact) mass is 249 g/mol. The second kappa shape index (κ2) is 5.48. The van der Waals surface area contributed by atoms with Gasteiger partial charge in [-0.25, -0.2) is 4.98 Å². The quantitative estimate of drug-likeness (QED) is 0.811. The second-order valence-electron chi connectivity index (χ2n) is 4.61. The standard InChI is InChI=1S/C13H19N3O2/c1-15(5-6-17)8-13(18)10-3-4-12-11(7-10)14-9-16(12)2/h3-4,7,9,13,17-18H,5-6,8H2,1-2H3. The molecule has 0 aliphatic rings. The topological polar surface area (TPSA) is 61.5 Å². The molecule has 0 aliphatic heterocycles. The third-order valence-corrected chi connectivity index (χ3v) is 3.10. The van der Waals surface area contributed by atoms with E-state index in [0.717, 1.165) is 16.6 Å². The van der Waals surface area contributed by atoms with Gasteiger partial charge in [0.25, 0.3) is 0 Å². The summed E-state index contributed by atoms with van der Waals surface area (Å²) in [4.78, 5) is 6.17. The molecule has 1 atom stereocenters. The molecule has 0 spiro atoms. The summed E-state index contributed by atoms with van der Waals surface area (Å²) in [5.74, 6) is 0. The number of rotatable bonds is 5. The molecule has 1 aromatic carbocycles. The zero-order valence-electron chi connectivity index (χ0n) is 10.7. The Balaban J connectivity index is 2.15. The highest BCUT2D eigenvalue weighted by Gasteiger charge is 2.12. The minimum absolute atomic E-state index is 0.0997. The van der Waals surface area contributed by atoms with Gasteiger partial charge in [0, 0.05) is 20.1 Å². The lowest BCUT2D eigenvalue weighted by Gasteiger charge is -2.19. The maximum atomic E-state index is 10.1. The highest BCUT2D eigenvalue weighted by Crippen LogP contribution is 2.19. The molecule has 0 radical (unpaired) electrons. The Kier molecular flexibility index (Phi) is 3.96. The number of likely N-dealkylation sites (N-methyl/N-ethyl adjacent to an activating group) is 1. The van der Waals surface area contributed by atoms with E-state index in [-0.39, 0.29) is 6.61 Å². The fourth-order valence-electron chi connectivity index (χ4n) is 2.02. The van der Waals surface area contributed by atoms with Crippen molar-refractivity contribution in [2.75, 3.05) is 26.7 Å². The first-order valence-electron chi connectivity index (χ1n) is 6.00. The molecule has 2 aromatic rings. The summed E-state index contributed by atoms with van der Waals surface area (Å²) in [6.45, 7) is 1.16. The van der Waals surface area contributed by atoms with Gasteiger partial charge in [0.15, 0.2) is 0 Å². The van der Waals surface area contributed by atoms with Gasteiger partial charge in [-0.3, -0.25) is 0 Å². The van der Waals surface area contributed by atoms with Gasteiger partial charge in [0.1, 0.15) is 0 Å². The second-order valence-corrected chi connectivity index (χ2v) is 4.61. The Morgan fingerprint density at radius 2 is 2.22 bits per heavy atom. The highest BCUT2D eigenvalue weighted by molar-refractivity contribution is 5.76. The first-order valence-corrected chi connectivity index (χ1v) is 6.00. The van der Waals surface area contributed by atoms with Gasteiger partial charge >= 0.3 is 0 Å². The summed E-state index contributed by atoms with van der Waals surface area (Å²) < 4.78 is 1.95. The van der Waals surface area contributed by atoms with Crippen molar-refractivity contribution < 1.29 is 10.2 Å². The van der Waals surface area contributed by atoms with E-state index >= 15 is 0 Å². The van der Waals surface area contributed by atoms with Crippen LogP contribution in [-0.4, -0.2) is 51.4 Å². The van der Waals surface area contributed by atoms with Gasteiger partial charge in [0.2, 0.25) is 0 Å². The maximum Gasteiger partial charge on any atom is 0.0955 e. The summed E-state index contributed by atoms with van der Waals surface area (Å²) in [7, 11) is 3.82. The normalized spacial score (nSPS) is 13.4. The van der Waals surface area contributed by atoms with E-state index in [1.54, 1.807) is 6.33 Å². The summed E-state index contributed by atoms with van der Waals surface area (Å²) in [5, 5.41) is 19.0. The van der Waals surface area contributed by atoms with Crippen LogP contribution in [0.2, 0.25) is 0 Å². The lowest BCUT2D eigenvalue weighted by atomic mass is 10.1. The minimum Gasteiger partial charge on any atom is -0.395 e. The number of aryl methyl sites for hydroxylation is 1. The molecule has 1 aromatic heterocycles. The average Bonchev–Trinajstić information content (AvgIpc) is 2.71. The Labute approximate surface area is 106 Å². The van der Waals surface area contributed by atoms with Gasteiger partial charge in [0.05, 0.1) is 30.1 Å². The average molecular weight is 249 g/mol. The van der Waals surface area contributed by atoms with Crippen LogP contribution >= 0.6 is 0 Å². The number of imidazole rings is 1. The fraction of sp³-hybridized carbons (Fsp3) is 0.462. The first kappa shape index (κ1) is 13.0. The van der Waals surface area contributed by atoms with Crippen molar-refractivity contribution in [3.05, 3.63) is 30.1 Å². The number of fused-ring (bicyclic) bond motifs is 1. The summed E-state index contributed by atoms with van der Waals surface area (Å²) >= 11 is 0. The number of aliphatic hydroxyl groups is 2. The van der Waals surface area contributed by atoms with Crippen molar-refractivity contribution >= 4 is 11.0 Å². The Hall–Kier alpha value is -1.43. The Morgan fingerprint density at radius 3 is 2.94 bits per heavy atom. The molecule has 2 rings (SSSR count). The van der Waals surface area contributed by atoms with Gasteiger partial charge < -0.3 is 19.7 Å². The molecule has 0 aliphatic carbocycles. The number of benzene rings is 1. The Bertz CT molecular complexity index is 524. The molecule has 0 bridgehead atoms. The summed E-state index contributed by atoms with van der Waals surface area (Å²) in [5.41, 5.74) is 2.79. The molecule has 18 heavy (non-hydrogen) atoms. The molecule has 1 unspecified atom stereocenters. The molecule has 0 saturated carbocycles. The van der Waals surface area contributed by atoms with E-state index in [1.165, 1.54) is 0 Å². The van der Waals surface area contributed by atoms with Crippen LogP contribution in [0.25, 0.3) is 11.0 Å². The van der Waals surface area contributed by atoms with Crippen molar-refractivity contribution in [1.29, 1.82) is 0 Å². The highest BCUT2D eigenvalue weighted by atomic mass is 16.3. The molecular weight excluding hydrogens is 230 g/mol. The van der Waals surface area contributed by atoms with Crippen LogP contribution in [0.5, 0.6) is 0 Å². The molecule has 0 saturated heterocycles. The van der Waals surface area contributed by atoms with Crippen LogP contribution in [0.15, 0.2) is 24.5 Å². The predicted octanol–water partition coefficient (Wildman–Crippen LogP) is 0.531. The zero-order chi connectivity index (χ0) is 13.1. The summed E-state index contributed by atoms with van der Waals surface area (Å²) in [6.07, 6.45) is 1.20. The predicted molar refractivity (Wildman–Crippen MR) is 70.3 cm³/mol. The van der Waals surface area contributed by atoms with Crippen molar-refractivity contribution in [1.82, 2.24) is 14.5 Å². The van der Waals surface area contributed by atoms with Crippen LogP contribution in [-0.2, 0) is 7.05 Å². The van der Waals surface area contributed by atoms with Crippen LogP contribution < -0.4 is 0 Å². The van der Waals surface area contributed by atoms with Gasteiger partial charge in [-0.15, -0.1) is 0 Å². The zero-order valence-corrected chi connectivity index (χ0v) is 10.7. The number of nitrogens with zero attached hydrogens (tertiary/aromatic N) is 3. The Morgan fingerprint density at radius 1 is 1.44 bits per heavy atom. The molecule has 1 heterocycles. The SMILES string of the molecule is CN(CCO)CC(O)c1ccc2c(c1)ncn2C. The van der Waals surface area contributed by atoms with Gasteiger partial charge in [-0.1, -0.05) is 6.07 Å². The lowest BCUT2D eigenvalue weighted by molar-refractivity contribution is 0.115. The lowest BCUT2D eigenvalue weighted by Crippen LogP contribution is -2.27. The molecular formula is C13H19N3O2. The van der Waals surface area contributed by atoms with Crippen LogP contribution in [0.1, 0.15) is 11.7 Å². The van der Waals surface area contributed by atoms with E-state index in [0.29, 0.717) is 13.1 Å². The van der Waals surface area contributed by atoms with Crippen LogP contribution in [0, 0.1) is 0 Å². The van der Waals surface area contributed by atoms with Gasteiger partial charge in [-0.05, 0) is 24.7 Å². The van der Waals surface area contributed by atoms with Crippen molar-refractivity contribution in [2.45, 2.75) is 6.10 Å². The molecule has 98 valence electrons. The largest absolute Gasteiger partial charge is 0.395 e. The van der Waals surface area contributed by atoms with E-state index in [9.17, 15) is 5.11 Å². The fourth-order valence-corrected chi connectivity index (χ4v) is 2.02. The van der Waals surface area contributed by atoms with Crippen molar-refractivity contribution in [3.8, 4) is 0 Å². The summed E-state index contributed by atoms with van der Waals surface area (Å²) in [6, 6.07) is 5.79. The van der Waals surface area contributed by atoms with Crippen LogP contribution in [0.3, 0.4) is 0 Å². The third kappa shape index (κ3) is 2.69. The maximum absolute atomic E-state index is 10.1. The first-order chi connectivity index (χ1) is 8.61. The van der Waals surface area contributed by atoms with Crippen LogP contribution in [0.4, 0.5) is 0 Å². The number of aromatic nitrogens is 2. The molecule has 5 heteroatoms. The molecule has 5 nitrogen and oxygen atoms in total. The molecule has 0 fully saturated rings. The smallest absolute Gasteiger partial charge is 0.0955 e. The number of aliphatic hydroxyl groups excluding tert-OH is 2. The number of hydrogen-bond donors (Lipinski definition) is 2. The molecule has 2 N–H and O–H groups in total. The van der Waals surface area contributed by atoms with E-state index in [2.05, 4.69) is 4.98 Å².